The first kappa shape index (κ1) is 20.5. The molecule has 30 heavy (non-hydrogen) atoms. The van der Waals surface area contributed by atoms with Crippen LogP contribution in [-0.2, 0) is 6.42 Å². The van der Waals surface area contributed by atoms with E-state index in [0.717, 1.165) is 47.7 Å². The molecule has 1 aromatic carbocycles. The first-order valence-electron chi connectivity index (χ1n) is 10.6. The van der Waals surface area contributed by atoms with Gasteiger partial charge in [0, 0.05) is 35.1 Å². The van der Waals surface area contributed by atoms with Crippen molar-refractivity contribution in [3.63, 3.8) is 0 Å². The minimum Gasteiger partial charge on any atom is -0.496 e. The van der Waals surface area contributed by atoms with Crippen LogP contribution < -0.4 is 10.1 Å². The first-order chi connectivity index (χ1) is 14.2. The molecule has 0 amide bonds. The zero-order chi connectivity index (χ0) is 21.4. The molecule has 0 bridgehead atoms. The van der Waals surface area contributed by atoms with Crippen LogP contribution in [0.1, 0.15) is 46.2 Å². The van der Waals surface area contributed by atoms with Gasteiger partial charge in [0.2, 0.25) is 0 Å². The Kier molecular flexibility index (Phi) is 5.36. The first-order valence-corrected chi connectivity index (χ1v) is 10.6. The molecule has 0 atom stereocenters. The van der Waals surface area contributed by atoms with Gasteiger partial charge >= 0.3 is 0 Å². The lowest BCUT2D eigenvalue weighted by Gasteiger charge is -2.46. The van der Waals surface area contributed by atoms with E-state index < -0.39 is 0 Å². The quantitative estimate of drug-likeness (QED) is 0.680. The monoisotopic (exact) mass is 405 g/mol. The average molecular weight is 406 g/mol. The zero-order valence-corrected chi connectivity index (χ0v) is 18.5. The van der Waals surface area contributed by atoms with Gasteiger partial charge in [0.25, 0.3) is 0 Å². The van der Waals surface area contributed by atoms with Gasteiger partial charge in [0.1, 0.15) is 5.75 Å². The lowest BCUT2D eigenvalue weighted by Crippen LogP contribution is -2.58. The fraction of sp³-hybridized carbons (Fsp3) is 0.458. The maximum atomic E-state index is 5.62. The van der Waals surface area contributed by atoms with Crippen LogP contribution in [0.4, 0.5) is 0 Å². The number of aromatic nitrogens is 4. The molecule has 0 saturated carbocycles. The Morgan fingerprint density at radius 3 is 2.43 bits per heavy atom. The molecular weight excluding hydrogens is 374 g/mol. The third-order valence-electron chi connectivity index (χ3n) is 5.72. The van der Waals surface area contributed by atoms with Crippen molar-refractivity contribution < 1.29 is 4.74 Å². The van der Waals surface area contributed by atoms with Gasteiger partial charge in [-0.1, -0.05) is 0 Å². The van der Waals surface area contributed by atoms with Crippen molar-refractivity contribution in [2.24, 2.45) is 5.92 Å². The molecule has 2 aromatic heterocycles. The van der Waals surface area contributed by atoms with Gasteiger partial charge in [0.05, 0.1) is 24.2 Å². The molecule has 6 nitrogen and oxygen atoms in total. The summed E-state index contributed by atoms with van der Waals surface area (Å²) in [6, 6.07) is 12.0. The normalized spacial score (nSPS) is 18.3. The van der Waals surface area contributed by atoms with Crippen LogP contribution in [0.5, 0.6) is 5.75 Å². The Morgan fingerprint density at radius 2 is 1.83 bits per heavy atom. The van der Waals surface area contributed by atoms with Crippen LogP contribution in [0, 0.1) is 5.92 Å². The number of ether oxygens (including phenoxy) is 1. The summed E-state index contributed by atoms with van der Waals surface area (Å²) in [7, 11) is 1.67. The topological polar surface area (TPSA) is 64.9 Å². The number of piperidine rings is 1. The van der Waals surface area contributed by atoms with E-state index in [1.807, 2.05) is 41.2 Å². The van der Waals surface area contributed by atoms with Crippen molar-refractivity contribution in [2.75, 3.05) is 7.11 Å². The van der Waals surface area contributed by atoms with Crippen molar-refractivity contribution in [1.82, 2.24) is 25.3 Å². The fourth-order valence-corrected chi connectivity index (χ4v) is 5.04. The molecule has 0 aliphatic carbocycles. The molecule has 1 aliphatic rings. The fourth-order valence-electron chi connectivity index (χ4n) is 5.04. The van der Waals surface area contributed by atoms with Crippen molar-refractivity contribution in [1.29, 1.82) is 0 Å². The van der Waals surface area contributed by atoms with Gasteiger partial charge in [-0.05, 0) is 83.2 Å². The molecule has 1 fully saturated rings. The third-order valence-corrected chi connectivity index (χ3v) is 5.72. The highest BCUT2D eigenvalue weighted by Crippen LogP contribution is 2.35. The average Bonchev–Trinajstić information content (AvgIpc) is 3.20. The molecule has 1 N–H and O–H groups in total. The van der Waals surface area contributed by atoms with E-state index in [9.17, 15) is 0 Å². The number of rotatable bonds is 5. The van der Waals surface area contributed by atoms with E-state index in [0.29, 0.717) is 5.92 Å². The third kappa shape index (κ3) is 4.54. The highest BCUT2D eigenvalue weighted by atomic mass is 16.5. The maximum absolute atomic E-state index is 5.62. The lowest BCUT2D eigenvalue weighted by atomic mass is 9.74. The van der Waals surface area contributed by atoms with Crippen molar-refractivity contribution in [3.8, 4) is 22.7 Å². The predicted octanol–water partition coefficient (Wildman–Crippen LogP) is 4.44. The van der Waals surface area contributed by atoms with Gasteiger partial charge in [-0.2, -0.15) is 15.3 Å². The Balaban J connectivity index is 1.52. The Labute approximate surface area is 178 Å². The van der Waals surface area contributed by atoms with Crippen molar-refractivity contribution >= 4 is 0 Å². The van der Waals surface area contributed by atoms with Crippen LogP contribution in [0.3, 0.4) is 0 Å². The molecule has 3 heterocycles. The number of hydrogen-bond acceptors (Lipinski definition) is 5. The molecule has 0 unspecified atom stereocenters. The van der Waals surface area contributed by atoms with Crippen LogP contribution in [0.2, 0.25) is 0 Å². The number of methoxy groups -OCH3 is 1. The summed E-state index contributed by atoms with van der Waals surface area (Å²) in [5.74, 6) is 1.35. The van der Waals surface area contributed by atoms with Crippen LogP contribution in [-0.4, -0.2) is 38.2 Å². The molecule has 3 aromatic rings. The van der Waals surface area contributed by atoms with E-state index in [2.05, 4.69) is 54.4 Å². The Bertz CT molecular complexity index is 977. The standard InChI is InChI=1S/C24H31N5O/c1-23(2)15-17(16-24(3,4)28-23)13-18-7-10-21(27-26-18)20-9-8-19(14-22(20)30-5)29-12-6-11-25-29/h6-12,14,17,28H,13,15-16H2,1-5H3. The molecular formula is C24H31N5O. The summed E-state index contributed by atoms with van der Waals surface area (Å²) >= 11 is 0. The molecule has 0 spiro atoms. The molecule has 158 valence electrons. The number of nitrogens with zero attached hydrogens (tertiary/aromatic N) is 4. The minimum atomic E-state index is 0.142. The Morgan fingerprint density at radius 1 is 1.07 bits per heavy atom. The van der Waals surface area contributed by atoms with Crippen LogP contribution >= 0.6 is 0 Å². The molecule has 4 rings (SSSR count). The number of benzene rings is 1. The summed E-state index contributed by atoms with van der Waals surface area (Å²) in [4.78, 5) is 0. The highest BCUT2D eigenvalue weighted by molar-refractivity contribution is 5.68. The van der Waals surface area contributed by atoms with E-state index in [1.54, 1.807) is 13.3 Å². The molecule has 0 radical (unpaired) electrons. The summed E-state index contributed by atoms with van der Waals surface area (Å²) < 4.78 is 7.43. The van der Waals surface area contributed by atoms with Crippen LogP contribution in [0.25, 0.3) is 16.9 Å². The van der Waals surface area contributed by atoms with Gasteiger partial charge in [-0.15, -0.1) is 0 Å². The Hall–Kier alpha value is -2.73. The molecule has 6 heteroatoms. The summed E-state index contributed by atoms with van der Waals surface area (Å²) in [5.41, 5.74) is 4.02. The van der Waals surface area contributed by atoms with Gasteiger partial charge in [-0.25, -0.2) is 4.68 Å². The van der Waals surface area contributed by atoms with E-state index in [1.165, 1.54) is 0 Å². The smallest absolute Gasteiger partial charge is 0.130 e. The van der Waals surface area contributed by atoms with Crippen LogP contribution in [0.15, 0.2) is 48.8 Å². The second-order valence-electron chi connectivity index (χ2n) is 9.62. The summed E-state index contributed by atoms with van der Waals surface area (Å²) in [6.07, 6.45) is 6.91. The molecule has 1 aliphatic heterocycles. The number of hydrogen-bond donors (Lipinski definition) is 1. The minimum absolute atomic E-state index is 0.142. The SMILES string of the molecule is COc1cc(-n2cccn2)ccc1-c1ccc(CC2CC(C)(C)NC(C)(C)C2)nn1. The summed E-state index contributed by atoms with van der Waals surface area (Å²) in [5, 5.41) is 17.1. The van der Waals surface area contributed by atoms with E-state index in [4.69, 9.17) is 4.74 Å². The van der Waals surface area contributed by atoms with E-state index in [-0.39, 0.29) is 11.1 Å². The lowest BCUT2D eigenvalue weighted by molar-refractivity contribution is 0.128. The second-order valence-corrected chi connectivity index (χ2v) is 9.62. The van der Waals surface area contributed by atoms with Crippen molar-refractivity contribution in [3.05, 3.63) is 54.5 Å². The summed E-state index contributed by atoms with van der Waals surface area (Å²) in [6.45, 7) is 9.15. The van der Waals surface area contributed by atoms with E-state index >= 15 is 0 Å². The van der Waals surface area contributed by atoms with Gasteiger partial charge < -0.3 is 10.1 Å². The highest BCUT2D eigenvalue weighted by Gasteiger charge is 2.37. The predicted molar refractivity (Wildman–Crippen MR) is 119 cm³/mol. The van der Waals surface area contributed by atoms with Gasteiger partial charge in [0.15, 0.2) is 0 Å². The number of nitrogens with one attached hydrogen (secondary N) is 1. The second kappa shape index (κ2) is 7.84. The zero-order valence-electron chi connectivity index (χ0n) is 18.5. The van der Waals surface area contributed by atoms with Crippen molar-refractivity contribution in [2.45, 2.75) is 58.0 Å². The largest absolute Gasteiger partial charge is 0.496 e. The maximum Gasteiger partial charge on any atom is 0.130 e. The van der Waals surface area contributed by atoms with Gasteiger partial charge in [-0.3, -0.25) is 0 Å². The molecule has 1 saturated heterocycles.